The van der Waals surface area contributed by atoms with Gasteiger partial charge in [0.25, 0.3) is 0 Å². The number of rotatable bonds is 6. The van der Waals surface area contributed by atoms with Crippen molar-refractivity contribution in [3.63, 3.8) is 0 Å². The first-order valence-corrected chi connectivity index (χ1v) is 12.0. The molecule has 8 heteroatoms. The Morgan fingerprint density at radius 3 is 2.80 bits per heavy atom. The Morgan fingerprint density at radius 1 is 1.29 bits per heavy atom. The topological polar surface area (TPSA) is 106 Å². The number of para-hydroxylation sites is 1. The predicted molar refractivity (Wildman–Crippen MR) is 135 cm³/mol. The van der Waals surface area contributed by atoms with Crippen molar-refractivity contribution in [2.45, 2.75) is 38.1 Å². The minimum atomic E-state index is -0.147. The number of hydrogen-bond acceptors (Lipinski definition) is 7. The first-order valence-electron chi connectivity index (χ1n) is 12.0. The molecule has 35 heavy (non-hydrogen) atoms. The smallest absolute Gasteiger partial charge is 0.225 e. The van der Waals surface area contributed by atoms with E-state index in [-0.39, 0.29) is 25.0 Å². The molecule has 0 bridgehead atoms. The molecule has 2 aromatic heterocycles. The zero-order valence-corrected chi connectivity index (χ0v) is 19.8. The van der Waals surface area contributed by atoms with Crippen LogP contribution in [0.2, 0.25) is 0 Å². The fourth-order valence-corrected chi connectivity index (χ4v) is 4.86. The molecule has 3 aromatic rings. The lowest BCUT2D eigenvalue weighted by Crippen LogP contribution is -2.54. The average Bonchev–Trinajstić information content (AvgIpc) is 3.72. The van der Waals surface area contributed by atoms with Crippen LogP contribution in [0, 0.1) is 11.3 Å². The summed E-state index contributed by atoms with van der Waals surface area (Å²) in [7, 11) is 0. The summed E-state index contributed by atoms with van der Waals surface area (Å²) in [6, 6.07) is 10.2. The van der Waals surface area contributed by atoms with Gasteiger partial charge in [0.15, 0.2) is 0 Å². The van der Waals surface area contributed by atoms with Crippen LogP contribution in [0.4, 0.5) is 5.82 Å². The molecule has 1 aromatic carbocycles. The van der Waals surface area contributed by atoms with Crippen LogP contribution in [-0.2, 0) is 4.79 Å². The number of amides is 1. The van der Waals surface area contributed by atoms with Crippen molar-refractivity contribution in [2.75, 3.05) is 31.1 Å². The summed E-state index contributed by atoms with van der Waals surface area (Å²) in [6.07, 6.45) is 5.66. The van der Waals surface area contributed by atoms with Crippen molar-refractivity contribution in [1.29, 1.82) is 5.26 Å². The first kappa shape index (κ1) is 22.9. The van der Waals surface area contributed by atoms with Crippen molar-refractivity contribution < 1.29 is 9.90 Å². The maximum atomic E-state index is 12.3. The van der Waals surface area contributed by atoms with Crippen LogP contribution in [0.25, 0.3) is 28.2 Å². The number of pyridine rings is 1. The van der Waals surface area contributed by atoms with Gasteiger partial charge in [-0.05, 0) is 38.0 Å². The number of fused-ring (bicyclic) bond motifs is 1. The molecule has 2 aliphatic rings. The number of anilines is 1. The standard InChI is InChI=1S/C27H28N6O2/c1-3-20-15-29-26-21(5-4-6-23(26)30-20)22-13-19(14-28)27(31-25(22)18-7-8-18)32-10-11-33(17(2)16-32)24(35)9-12-34/h3-6,13,15,17-18,34H,1,7-12,16H2,2H3/t17-/m1/s1. The molecule has 1 aliphatic heterocycles. The highest BCUT2D eigenvalue weighted by molar-refractivity contribution is 5.93. The molecular weight excluding hydrogens is 440 g/mol. The zero-order valence-electron chi connectivity index (χ0n) is 19.8. The average molecular weight is 469 g/mol. The molecule has 1 atom stereocenters. The van der Waals surface area contributed by atoms with Crippen molar-refractivity contribution in [2.24, 2.45) is 0 Å². The van der Waals surface area contributed by atoms with Gasteiger partial charge in [0.2, 0.25) is 5.91 Å². The second-order valence-electron chi connectivity index (χ2n) is 9.21. The third-order valence-electron chi connectivity index (χ3n) is 6.78. The Hall–Kier alpha value is -3.83. The van der Waals surface area contributed by atoms with Gasteiger partial charge in [-0.25, -0.2) is 9.97 Å². The highest BCUT2D eigenvalue weighted by Gasteiger charge is 2.33. The Labute approximate surface area is 204 Å². The van der Waals surface area contributed by atoms with E-state index in [2.05, 4.69) is 27.5 Å². The van der Waals surface area contributed by atoms with Gasteiger partial charge in [0.05, 0.1) is 40.8 Å². The summed E-state index contributed by atoms with van der Waals surface area (Å²) in [6.45, 7) is 7.36. The van der Waals surface area contributed by atoms with Crippen LogP contribution in [-0.4, -0.2) is 63.1 Å². The molecule has 1 saturated heterocycles. The number of nitriles is 1. The van der Waals surface area contributed by atoms with Crippen LogP contribution in [0.3, 0.4) is 0 Å². The third kappa shape index (κ3) is 4.35. The molecule has 1 amide bonds. The van der Waals surface area contributed by atoms with Crippen LogP contribution >= 0.6 is 0 Å². The first-order chi connectivity index (χ1) is 17.0. The number of carbonyl (C=O) groups is 1. The van der Waals surface area contributed by atoms with Gasteiger partial charge in [-0.15, -0.1) is 0 Å². The molecule has 8 nitrogen and oxygen atoms in total. The fraction of sp³-hybridized carbons (Fsp3) is 0.370. The summed E-state index contributed by atoms with van der Waals surface area (Å²) in [5, 5.41) is 19.2. The molecule has 5 rings (SSSR count). The van der Waals surface area contributed by atoms with E-state index in [1.165, 1.54) is 0 Å². The predicted octanol–water partition coefficient (Wildman–Crippen LogP) is 3.50. The molecule has 0 unspecified atom stereocenters. The van der Waals surface area contributed by atoms with Gasteiger partial charge >= 0.3 is 0 Å². The summed E-state index contributed by atoms with van der Waals surface area (Å²) in [5.74, 6) is 0.996. The second-order valence-corrected chi connectivity index (χ2v) is 9.21. The second kappa shape index (κ2) is 9.43. The highest BCUT2D eigenvalue weighted by atomic mass is 16.3. The molecule has 178 valence electrons. The van der Waals surface area contributed by atoms with E-state index in [4.69, 9.17) is 10.1 Å². The van der Waals surface area contributed by atoms with Gasteiger partial charge in [-0.2, -0.15) is 5.26 Å². The van der Waals surface area contributed by atoms with Gasteiger partial charge < -0.3 is 14.9 Å². The summed E-state index contributed by atoms with van der Waals surface area (Å²) in [4.78, 5) is 30.6. The fourth-order valence-electron chi connectivity index (χ4n) is 4.86. The van der Waals surface area contributed by atoms with E-state index in [1.54, 1.807) is 17.2 Å². The van der Waals surface area contributed by atoms with Gasteiger partial charge in [0, 0.05) is 49.1 Å². The van der Waals surface area contributed by atoms with Crippen LogP contribution in [0.15, 0.2) is 37.0 Å². The number of carbonyl (C=O) groups excluding carboxylic acids is 1. The van der Waals surface area contributed by atoms with E-state index in [0.717, 1.165) is 40.7 Å². The molecule has 0 spiro atoms. The number of hydrogen-bond donors (Lipinski definition) is 1. The summed E-state index contributed by atoms with van der Waals surface area (Å²) in [5.41, 5.74) is 5.64. The largest absolute Gasteiger partial charge is 0.396 e. The van der Waals surface area contributed by atoms with Crippen molar-refractivity contribution in [3.05, 3.63) is 54.0 Å². The van der Waals surface area contributed by atoms with Gasteiger partial charge in [-0.3, -0.25) is 9.78 Å². The molecule has 1 aliphatic carbocycles. The number of benzene rings is 1. The summed E-state index contributed by atoms with van der Waals surface area (Å²) < 4.78 is 0. The molecule has 3 heterocycles. The van der Waals surface area contributed by atoms with Crippen molar-refractivity contribution in [3.8, 4) is 17.2 Å². The SMILES string of the molecule is C=Cc1cnc2c(-c3cc(C#N)c(N4CCN(C(=O)CCO)[C@H](C)C4)nc3C3CC3)cccc2n1. The normalized spacial score (nSPS) is 17.9. The Kier molecular flexibility index (Phi) is 6.18. The quantitative estimate of drug-likeness (QED) is 0.590. The van der Waals surface area contributed by atoms with E-state index in [1.807, 2.05) is 31.2 Å². The maximum absolute atomic E-state index is 12.3. The Bertz CT molecular complexity index is 1340. The number of aromatic nitrogens is 3. The minimum absolute atomic E-state index is 0.0346. The van der Waals surface area contributed by atoms with E-state index < -0.39 is 0 Å². The number of aliphatic hydroxyl groups is 1. The lowest BCUT2D eigenvalue weighted by atomic mass is 9.97. The molecule has 2 fully saturated rings. The van der Waals surface area contributed by atoms with Crippen LogP contribution in [0.1, 0.15) is 49.1 Å². The van der Waals surface area contributed by atoms with Crippen molar-refractivity contribution in [1.82, 2.24) is 19.9 Å². The van der Waals surface area contributed by atoms with Gasteiger partial charge in [0.1, 0.15) is 11.9 Å². The third-order valence-corrected chi connectivity index (χ3v) is 6.78. The van der Waals surface area contributed by atoms with E-state index in [0.29, 0.717) is 42.6 Å². The molecule has 1 saturated carbocycles. The lowest BCUT2D eigenvalue weighted by molar-refractivity contribution is -0.134. The zero-order chi connectivity index (χ0) is 24.5. The Balaban J connectivity index is 1.55. The van der Waals surface area contributed by atoms with Crippen LogP contribution < -0.4 is 4.90 Å². The van der Waals surface area contributed by atoms with Gasteiger partial charge in [-0.1, -0.05) is 18.7 Å². The Morgan fingerprint density at radius 2 is 2.11 bits per heavy atom. The molecule has 1 N–H and O–H groups in total. The molecular formula is C27H28N6O2. The lowest BCUT2D eigenvalue weighted by Gasteiger charge is -2.40. The number of nitrogens with zero attached hydrogens (tertiary/aromatic N) is 6. The minimum Gasteiger partial charge on any atom is -0.396 e. The van der Waals surface area contributed by atoms with Crippen LogP contribution in [0.5, 0.6) is 0 Å². The van der Waals surface area contributed by atoms with Crippen molar-refractivity contribution >= 4 is 28.8 Å². The number of piperazine rings is 1. The number of aliphatic hydroxyl groups excluding tert-OH is 1. The van der Waals surface area contributed by atoms with E-state index in [9.17, 15) is 10.1 Å². The summed E-state index contributed by atoms with van der Waals surface area (Å²) >= 11 is 0. The van der Waals surface area contributed by atoms with E-state index >= 15 is 0 Å². The monoisotopic (exact) mass is 468 g/mol. The maximum Gasteiger partial charge on any atom is 0.225 e. The molecule has 0 radical (unpaired) electrons. The highest BCUT2D eigenvalue weighted by Crippen LogP contribution is 2.45.